The lowest BCUT2D eigenvalue weighted by molar-refractivity contribution is 0.271. The largest absolute Gasteiger partial charge is 0.329 e. The Morgan fingerprint density at radius 2 is 1.67 bits per heavy atom. The van der Waals surface area contributed by atoms with Gasteiger partial charge in [-0.1, -0.05) is 0 Å². The van der Waals surface area contributed by atoms with Crippen LogP contribution >= 0.6 is 8.60 Å². The molecule has 6 heavy (non-hydrogen) atoms. The molecule has 0 fully saturated rings. The van der Waals surface area contributed by atoms with E-state index in [0.717, 1.165) is 0 Å². The fourth-order valence-electron chi connectivity index (χ4n) is 0.0745. The predicted octanol–water partition coefficient (Wildman–Crippen LogP) is 0.498. The molecule has 38 valence electrons. The van der Waals surface area contributed by atoms with E-state index in [-0.39, 0.29) is 0 Å². The van der Waals surface area contributed by atoms with Crippen LogP contribution in [0, 0.1) is 0 Å². The first kappa shape index (κ1) is 6.31. The molecule has 0 amide bonds. The van der Waals surface area contributed by atoms with Gasteiger partial charge >= 0.3 is 8.60 Å². The van der Waals surface area contributed by atoms with Gasteiger partial charge in [-0.15, -0.1) is 0 Å². The Bertz CT molecular complexity index is 28.0. The van der Waals surface area contributed by atoms with Gasteiger partial charge in [0.05, 0.1) is 0 Å². The normalized spacial score (nSPS) is 10.0. The van der Waals surface area contributed by atoms with Gasteiger partial charge in [-0.25, -0.2) is 0 Å². The second kappa shape index (κ2) is 3.50. The molecule has 0 bridgehead atoms. The SMILES string of the molecule is COP(O)OC. The highest BCUT2D eigenvalue weighted by molar-refractivity contribution is 7.40. The van der Waals surface area contributed by atoms with Crippen LogP contribution in [0.4, 0.5) is 0 Å². The summed E-state index contributed by atoms with van der Waals surface area (Å²) in [5.41, 5.74) is 0. The van der Waals surface area contributed by atoms with Crippen molar-refractivity contribution >= 4 is 8.60 Å². The standard InChI is InChI=1S/C2H7O3P/c1-4-6(3)5-2/h3H,1-2H3. The fraction of sp³-hybridized carbons (Fsp3) is 1.00. The first-order chi connectivity index (χ1) is 2.81. The van der Waals surface area contributed by atoms with E-state index in [9.17, 15) is 0 Å². The van der Waals surface area contributed by atoms with Crippen LogP contribution in [-0.4, -0.2) is 19.1 Å². The van der Waals surface area contributed by atoms with Crippen molar-refractivity contribution in [1.29, 1.82) is 0 Å². The van der Waals surface area contributed by atoms with Crippen molar-refractivity contribution in [2.45, 2.75) is 0 Å². The van der Waals surface area contributed by atoms with Crippen LogP contribution in [0.25, 0.3) is 0 Å². The summed E-state index contributed by atoms with van der Waals surface area (Å²) >= 11 is 0. The Morgan fingerprint density at radius 1 is 1.33 bits per heavy atom. The zero-order valence-electron chi connectivity index (χ0n) is 3.71. The van der Waals surface area contributed by atoms with Gasteiger partial charge in [0.15, 0.2) is 0 Å². The van der Waals surface area contributed by atoms with Gasteiger partial charge in [-0.05, 0) is 0 Å². The molecule has 1 N–H and O–H groups in total. The molecule has 0 aliphatic carbocycles. The highest BCUT2D eigenvalue weighted by Gasteiger charge is 1.94. The highest BCUT2D eigenvalue weighted by Crippen LogP contribution is 2.28. The summed E-state index contributed by atoms with van der Waals surface area (Å²) in [6.45, 7) is 0. The van der Waals surface area contributed by atoms with Crippen LogP contribution in [0.15, 0.2) is 0 Å². The number of hydrogen-bond donors (Lipinski definition) is 1. The van der Waals surface area contributed by atoms with Gasteiger partial charge < -0.3 is 13.9 Å². The van der Waals surface area contributed by atoms with Gasteiger partial charge in [0.1, 0.15) is 0 Å². The molecule has 0 aliphatic heterocycles. The molecule has 0 saturated carbocycles. The Hall–Kier alpha value is 0.310. The van der Waals surface area contributed by atoms with Crippen LogP contribution in [-0.2, 0) is 9.05 Å². The molecule has 0 aliphatic rings. The van der Waals surface area contributed by atoms with E-state index in [1.807, 2.05) is 0 Å². The van der Waals surface area contributed by atoms with Gasteiger partial charge in [0.2, 0.25) is 0 Å². The van der Waals surface area contributed by atoms with Crippen LogP contribution in [0.5, 0.6) is 0 Å². The van der Waals surface area contributed by atoms with Crippen molar-refractivity contribution in [3.63, 3.8) is 0 Å². The lowest BCUT2D eigenvalue weighted by atomic mass is 11.8. The maximum atomic E-state index is 8.29. The molecule has 3 nitrogen and oxygen atoms in total. The number of rotatable bonds is 2. The third-order valence-corrected chi connectivity index (χ3v) is 0.937. The van der Waals surface area contributed by atoms with Crippen molar-refractivity contribution in [3.05, 3.63) is 0 Å². The van der Waals surface area contributed by atoms with E-state index in [2.05, 4.69) is 9.05 Å². The summed E-state index contributed by atoms with van der Waals surface area (Å²) in [7, 11) is 1.19. The summed E-state index contributed by atoms with van der Waals surface area (Å²) in [6.07, 6.45) is 0. The third kappa shape index (κ3) is 2.54. The van der Waals surface area contributed by atoms with Crippen molar-refractivity contribution in [2.75, 3.05) is 14.2 Å². The molecule has 0 aromatic rings. The van der Waals surface area contributed by atoms with Crippen LogP contribution in [0.1, 0.15) is 0 Å². The van der Waals surface area contributed by atoms with E-state index in [0.29, 0.717) is 0 Å². The third-order valence-electron chi connectivity index (χ3n) is 0.312. The Labute approximate surface area is 37.9 Å². The molecule has 0 unspecified atom stereocenters. The van der Waals surface area contributed by atoms with Gasteiger partial charge in [-0.2, -0.15) is 0 Å². The smallest absolute Gasteiger partial charge is 0.328 e. The molecule has 0 saturated heterocycles. The average Bonchev–Trinajstić information content (AvgIpc) is 1.65. The topological polar surface area (TPSA) is 38.7 Å². The fourth-order valence-corrected chi connectivity index (χ4v) is 0.224. The summed E-state index contributed by atoms with van der Waals surface area (Å²) in [5, 5.41) is 0. The molecule has 0 atom stereocenters. The highest BCUT2D eigenvalue weighted by atomic mass is 31.2. The molecule has 0 aromatic carbocycles. The molecule has 0 aromatic heterocycles. The van der Waals surface area contributed by atoms with Crippen molar-refractivity contribution < 1.29 is 13.9 Å². The molecule has 0 radical (unpaired) electrons. The number of hydrogen-bond acceptors (Lipinski definition) is 3. The van der Waals surface area contributed by atoms with E-state index >= 15 is 0 Å². The zero-order valence-corrected chi connectivity index (χ0v) is 4.61. The van der Waals surface area contributed by atoms with E-state index in [4.69, 9.17) is 4.89 Å². The Kier molecular flexibility index (Phi) is 3.68. The molecular formula is C2H7O3P. The zero-order chi connectivity index (χ0) is 4.99. The Balaban J connectivity index is 2.75. The minimum Gasteiger partial charge on any atom is -0.328 e. The van der Waals surface area contributed by atoms with Gasteiger partial charge in [-0.3, -0.25) is 0 Å². The lowest BCUT2D eigenvalue weighted by Gasteiger charge is -1.98. The maximum Gasteiger partial charge on any atom is 0.329 e. The van der Waals surface area contributed by atoms with Crippen LogP contribution in [0.3, 0.4) is 0 Å². The summed E-state index contributed by atoms with van der Waals surface area (Å²) < 4.78 is 8.59. The second-order valence-corrected chi connectivity index (χ2v) is 1.81. The minimum absolute atomic E-state index is 1.38. The van der Waals surface area contributed by atoms with Crippen LogP contribution in [0.2, 0.25) is 0 Å². The van der Waals surface area contributed by atoms with E-state index < -0.39 is 8.60 Å². The summed E-state index contributed by atoms with van der Waals surface area (Å²) in [6, 6.07) is 0. The summed E-state index contributed by atoms with van der Waals surface area (Å²) in [4.78, 5) is 8.29. The lowest BCUT2D eigenvalue weighted by Crippen LogP contribution is -1.75. The van der Waals surface area contributed by atoms with Gasteiger partial charge in [0, 0.05) is 14.2 Å². The molecule has 4 heteroatoms. The molecule has 0 rings (SSSR count). The van der Waals surface area contributed by atoms with E-state index in [1.165, 1.54) is 14.2 Å². The molecule has 0 spiro atoms. The maximum absolute atomic E-state index is 8.29. The Morgan fingerprint density at radius 3 is 1.67 bits per heavy atom. The van der Waals surface area contributed by atoms with Crippen molar-refractivity contribution in [1.82, 2.24) is 0 Å². The van der Waals surface area contributed by atoms with Crippen molar-refractivity contribution in [2.24, 2.45) is 0 Å². The predicted molar refractivity (Wildman–Crippen MR) is 23.2 cm³/mol. The van der Waals surface area contributed by atoms with Crippen molar-refractivity contribution in [3.8, 4) is 0 Å². The monoisotopic (exact) mass is 110 g/mol. The molecule has 0 heterocycles. The second-order valence-electron chi connectivity index (χ2n) is 0.603. The first-order valence-electron chi connectivity index (χ1n) is 1.38. The summed E-state index contributed by atoms with van der Waals surface area (Å²) in [5.74, 6) is 0. The average molecular weight is 110 g/mol. The van der Waals surface area contributed by atoms with E-state index in [1.54, 1.807) is 0 Å². The first-order valence-corrected chi connectivity index (χ1v) is 2.51. The quantitative estimate of drug-likeness (QED) is 0.526. The molecular weight excluding hydrogens is 103 g/mol. The van der Waals surface area contributed by atoms with Crippen LogP contribution < -0.4 is 0 Å². The minimum atomic E-state index is -1.58. The van der Waals surface area contributed by atoms with Gasteiger partial charge in [0.25, 0.3) is 0 Å².